The van der Waals surface area contributed by atoms with E-state index in [1.165, 1.54) is 12.8 Å². The normalized spacial score (nSPS) is 19.7. The van der Waals surface area contributed by atoms with Crippen molar-refractivity contribution in [3.63, 3.8) is 0 Å². The van der Waals surface area contributed by atoms with Crippen molar-refractivity contribution in [2.45, 2.75) is 19.8 Å². The maximum atomic E-state index is 12.1. The SMILES string of the molecule is CCC1CCN(CC(=O)c2ccc(C#N)cc2)C1. The van der Waals surface area contributed by atoms with E-state index in [-0.39, 0.29) is 5.78 Å². The van der Waals surface area contributed by atoms with E-state index in [4.69, 9.17) is 5.26 Å². The van der Waals surface area contributed by atoms with Crippen LogP contribution >= 0.6 is 0 Å². The molecule has 1 unspecified atom stereocenters. The highest BCUT2D eigenvalue weighted by Gasteiger charge is 2.22. The minimum Gasteiger partial charge on any atom is -0.296 e. The van der Waals surface area contributed by atoms with Gasteiger partial charge in [0.2, 0.25) is 0 Å². The molecule has 1 heterocycles. The number of benzene rings is 1. The third-order valence-electron chi connectivity index (χ3n) is 3.65. The molecule has 1 aliphatic heterocycles. The molecule has 3 nitrogen and oxygen atoms in total. The first kappa shape index (κ1) is 12.8. The molecule has 1 aromatic rings. The summed E-state index contributed by atoms with van der Waals surface area (Å²) in [5, 5.41) is 8.71. The van der Waals surface area contributed by atoms with Crippen molar-refractivity contribution >= 4 is 5.78 Å². The summed E-state index contributed by atoms with van der Waals surface area (Å²) in [4.78, 5) is 14.3. The predicted molar refractivity (Wildman–Crippen MR) is 70.3 cm³/mol. The van der Waals surface area contributed by atoms with Crippen molar-refractivity contribution in [1.29, 1.82) is 5.26 Å². The highest BCUT2D eigenvalue weighted by Crippen LogP contribution is 2.19. The zero-order chi connectivity index (χ0) is 13.0. The number of hydrogen-bond donors (Lipinski definition) is 0. The fraction of sp³-hybridized carbons (Fsp3) is 0.467. The Morgan fingerprint density at radius 3 is 2.72 bits per heavy atom. The van der Waals surface area contributed by atoms with E-state index >= 15 is 0 Å². The fourth-order valence-electron chi connectivity index (χ4n) is 2.41. The largest absolute Gasteiger partial charge is 0.296 e. The van der Waals surface area contributed by atoms with Crippen LogP contribution < -0.4 is 0 Å². The summed E-state index contributed by atoms with van der Waals surface area (Å²) in [6, 6.07) is 8.95. The Labute approximate surface area is 108 Å². The minimum absolute atomic E-state index is 0.149. The van der Waals surface area contributed by atoms with Gasteiger partial charge in [-0.3, -0.25) is 9.69 Å². The standard InChI is InChI=1S/C15H18N2O/c1-2-12-7-8-17(10-12)11-15(18)14-5-3-13(9-16)4-6-14/h3-6,12H,2,7-8,10-11H2,1H3. The van der Waals surface area contributed by atoms with E-state index in [1.807, 2.05) is 0 Å². The average Bonchev–Trinajstić information content (AvgIpc) is 2.86. The van der Waals surface area contributed by atoms with Crippen LogP contribution in [0.3, 0.4) is 0 Å². The third-order valence-corrected chi connectivity index (χ3v) is 3.65. The molecular weight excluding hydrogens is 224 g/mol. The number of Topliss-reactive ketones (excluding diaryl/α,β-unsaturated/α-hetero) is 1. The van der Waals surface area contributed by atoms with Crippen molar-refractivity contribution < 1.29 is 4.79 Å². The number of carbonyl (C=O) groups is 1. The van der Waals surface area contributed by atoms with Crippen molar-refractivity contribution in [3.8, 4) is 6.07 Å². The molecule has 0 amide bonds. The van der Waals surface area contributed by atoms with Gasteiger partial charge in [-0.05, 0) is 31.0 Å². The molecule has 0 saturated carbocycles. The monoisotopic (exact) mass is 242 g/mol. The predicted octanol–water partition coefficient (Wildman–Crippen LogP) is 2.47. The van der Waals surface area contributed by atoms with E-state index in [9.17, 15) is 4.79 Å². The van der Waals surface area contributed by atoms with E-state index in [0.29, 0.717) is 17.7 Å². The van der Waals surface area contributed by atoms with Gasteiger partial charge in [-0.2, -0.15) is 5.26 Å². The molecule has 0 aliphatic carbocycles. The molecule has 94 valence electrons. The molecule has 0 radical (unpaired) electrons. The summed E-state index contributed by atoms with van der Waals surface area (Å²) in [6.07, 6.45) is 2.40. The van der Waals surface area contributed by atoms with Crippen LogP contribution in [0.15, 0.2) is 24.3 Å². The van der Waals surface area contributed by atoms with Gasteiger partial charge in [0.15, 0.2) is 5.78 Å². The second kappa shape index (κ2) is 5.79. The summed E-state index contributed by atoms with van der Waals surface area (Å²) in [7, 11) is 0. The Morgan fingerprint density at radius 1 is 1.44 bits per heavy atom. The van der Waals surface area contributed by atoms with E-state index in [2.05, 4.69) is 17.9 Å². The van der Waals surface area contributed by atoms with Crippen LogP contribution in [0.25, 0.3) is 0 Å². The maximum absolute atomic E-state index is 12.1. The molecule has 2 rings (SSSR count). The van der Waals surface area contributed by atoms with Crippen LogP contribution in [0.2, 0.25) is 0 Å². The average molecular weight is 242 g/mol. The lowest BCUT2D eigenvalue weighted by Crippen LogP contribution is -2.27. The van der Waals surface area contributed by atoms with Gasteiger partial charge >= 0.3 is 0 Å². The van der Waals surface area contributed by atoms with Crippen LogP contribution in [-0.4, -0.2) is 30.3 Å². The lowest BCUT2D eigenvalue weighted by Gasteiger charge is -2.14. The summed E-state index contributed by atoms with van der Waals surface area (Å²) in [6.45, 7) is 4.78. The smallest absolute Gasteiger partial charge is 0.176 e. The number of rotatable bonds is 4. The molecule has 1 saturated heterocycles. The van der Waals surface area contributed by atoms with Gasteiger partial charge in [0, 0.05) is 12.1 Å². The first-order valence-electron chi connectivity index (χ1n) is 6.48. The van der Waals surface area contributed by atoms with Crippen LogP contribution in [0.4, 0.5) is 0 Å². The van der Waals surface area contributed by atoms with Crippen molar-refractivity contribution in [1.82, 2.24) is 4.90 Å². The lowest BCUT2D eigenvalue weighted by molar-refractivity contribution is 0.0943. The second-order valence-electron chi connectivity index (χ2n) is 4.91. The van der Waals surface area contributed by atoms with Gasteiger partial charge in [0.05, 0.1) is 18.2 Å². The maximum Gasteiger partial charge on any atom is 0.176 e. The quantitative estimate of drug-likeness (QED) is 0.762. The van der Waals surface area contributed by atoms with Gasteiger partial charge in [-0.15, -0.1) is 0 Å². The third kappa shape index (κ3) is 2.96. The van der Waals surface area contributed by atoms with Crippen molar-refractivity contribution in [2.24, 2.45) is 5.92 Å². The Morgan fingerprint density at radius 2 is 2.17 bits per heavy atom. The molecule has 0 spiro atoms. The van der Waals surface area contributed by atoms with Gasteiger partial charge in [-0.1, -0.05) is 25.5 Å². The van der Waals surface area contributed by atoms with E-state index in [0.717, 1.165) is 19.0 Å². The van der Waals surface area contributed by atoms with Gasteiger partial charge < -0.3 is 0 Å². The van der Waals surface area contributed by atoms with Gasteiger partial charge in [-0.25, -0.2) is 0 Å². The Hall–Kier alpha value is -1.66. The molecule has 1 aromatic carbocycles. The molecule has 1 atom stereocenters. The Kier molecular flexibility index (Phi) is 4.11. The second-order valence-corrected chi connectivity index (χ2v) is 4.91. The molecular formula is C15H18N2O. The molecule has 0 aromatic heterocycles. The summed E-state index contributed by atoms with van der Waals surface area (Å²) < 4.78 is 0. The van der Waals surface area contributed by atoms with E-state index < -0.39 is 0 Å². The highest BCUT2D eigenvalue weighted by atomic mass is 16.1. The topological polar surface area (TPSA) is 44.1 Å². The number of hydrogen-bond acceptors (Lipinski definition) is 3. The number of ketones is 1. The van der Waals surface area contributed by atoms with Crippen LogP contribution in [-0.2, 0) is 0 Å². The minimum atomic E-state index is 0.149. The molecule has 3 heteroatoms. The number of nitrogens with zero attached hydrogens (tertiary/aromatic N) is 2. The molecule has 18 heavy (non-hydrogen) atoms. The van der Waals surface area contributed by atoms with Crippen molar-refractivity contribution in [2.75, 3.05) is 19.6 Å². The first-order valence-corrected chi connectivity index (χ1v) is 6.48. The fourth-order valence-corrected chi connectivity index (χ4v) is 2.41. The molecule has 0 bridgehead atoms. The van der Waals surface area contributed by atoms with Gasteiger partial charge in [0.1, 0.15) is 0 Å². The highest BCUT2D eigenvalue weighted by molar-refractivity contribution is 5.97. The first-order chi connectivity index (χ1) is 8.72. The lowest BCUT2D eigenvalue weighted by atomic mass is 10.1. The van der Waals surface area contributed by atoms with Crippen LogP contribution in [0, 0.1) is 17.2 Å². The molecule has 0 N–H and O–H groups in total. The van der Waals surface area contributed by atoms with Crippen LogP contribution in [0.1, 0.15) is 35.7 Å². The van der Waals surface area contributed by atoms with E-state index in [1.54, 1.807) is 24.3 Å². The number of likely N-dealkylation sites (tertiary alicyclic amines) is 1. The Bertz CT molecular complexity index is 458. The molecule has 1 aliphatic rings. The summed E-state index contributed by atoms with van der Waals surface area (Å²) >= 11 is 0. The summed E-state index contributed by atoms with van der Waals surface area (Å²) in [5.74, 6) is 0.898. The Balaban J connectivity index is 1.93. The molecule has 1 fully saturated rings. The summed E-state index contributed by atoms with van der Waals surface area (Å²) in [5.41, 5.74) is 1.30. The van der Waals surface area contributed by atoms with Crippen LogP contribution in [0.5, 0.6) is 0 Å². The zero-order valence-corrected chi connectivity index (χ0v) is 10.7. The number of carbonyl (C=O) groups excluding carboxylic acids is 1. The van der Waals surface area contributed by atoms with Crippen molar-refractivity contribution in [3.05, 3.63) is 35.4 Å². The zero-order valence-electron chi connectivity index (χ0n) is 10.7. The number of nitriles is 1. The van der Waals surface area contributed by atoms with Gasteiger partial charge in [0.25, 0.3) is 0 Å².